The zero-order valence-corrected chi connectivity index (χ0v) is 42.8. The maximum absolute atomic E-state index is 14.6. The van der Waals surface area contributed by atoms with Crippen LogP contribution in [0.5, 0.6) is 0 Å². The maximum Gasteiger partial charge on any atom is 0.319 e. The van der Waals surface area contributed by atoms with Crippen molar-refractivity contribution in [3.8, 4) is 0 Å². The second kappa shape index (κ2) is 23.5. The number of ether oxygens (including phenoxy) is 6. The van der Waals surface area contributed by atoms with Gasteiger partial charge >= 0.3 is 12.0 Å². The molecule has 3 saturated heterocycles. The number of amides is 2. The molecule has 7 N–H and O–H groups in total. The summed E-state index contributed by atoms with van der Waals surface area (Å²) in [5.41, 5.74) is -3.99. The lowest BCUT2D eigenvalue weighted by molar-refractivity contribution is -0.318. The van der Waals surface area contributed by atoms with E-state index < -0.39 is 96.0 Å². The number of anilines is 1. The number of urea groups is 1. The minimum atomic E-state index is -1.92. The van der Waals surface area contributed by atoms with Gasteiger partial charge in [0.25, 0.3) is 0 Å². The minimum Gasteiger partial charge on any atom is -0.459 e. The summed E-state index contributed by atoms with van der Waals surface area (Å²) in [5.74, 6) is -2.88. The molecule has 17 heteroatoms. The average molecular weight is 961 g/mol. The second-order valence-electron chi connectivity index (χ2n) is 21.0. The van der Waals surface area contributed by atoms with Crippen LogP contribution in [-0.2, 0) is 33.2 Å². The predicted octanol–water partition coefficient (Wildman–Crippen LogP) is 4.64. The second-order valence-corrected chi connectivity index (χ2v) is 21.0. The molecule has 2 aromatic rings. The highest BCUT2D eigenvalue weighted by Gasteiger charge is 2.53. The third-order valence-electron chi connectivity index (χ3n) is 14.9. The summed E-state index contributed by atoms with van der Waals surface area (Å²) in [5, 5.41) is 67.9. The number of hydrogen-bond acceptors (Lipinski definition) is 15. The number of aliphatic hydroxyl groups excluding tert-OH is 3. The van der Waals surface area contributed by atoms with Gasteiger partial charge in [0.2, 0.25) is 0 Å². The van der Waals surface area contributed by atoms with Gasteiger partial charge < -0.3 is 69.5 Å². The number of methoxy groups -OCH3 is 1. The van der Waals surface area contributed by atoms with Crippen molar-refractivity contribution < 1.29 is 63.5 Å². The first kappa shape index (κ1) is 55.9. The van der Waals surface area contributed by atoms with E-state index in [1.54, 1.807) is 41.5 Å². The molecule has 18 atom stereocenters. The van der Waals surface area contributed by atoms with Crippen molar-refractivity contribution in [3.05, 3.63) is 42.5 Å². The number of fused-ring (bicyclic) bond motifs is 1. The van der Waals surface area contributed by atoms with Crippen LogP contribution in [0.2, 0.25) is 0 Å². The van der Waals surface area contributed by atoms with Gasteiger partial charge in [0.1, 0.15) is 30.0 Å². The van der Waals surface area contributed by atoms with Gasteiger partial charge in [-0.3, -0.25) is 9.69 Å². The monoisotopic (exact) mass is 961 g/mol. The molecule has 0 spiro atoms. The highest BCUT2D eigenvalue weighted by molar-refractivity contribution is 5.93. The van der Waals surface area contributed by atoms with Crippen molar-refractivity contribution in [2.75, 3.05) is 46.2 Å². The molecule has 3 aliphatic heterocycles. The molecule has 2 aromatic carbocycles. The summed E-state index contributed by atoms with van der Waals surface area (Å²) in [6.45, 7) is 18.5. The zero-order valence-electron chi connectivity index (χ0n) is 42.8. The highest BCUT2D eigenvalue weighted by atomic mass is 16.7. The Labute approximate surface area is 404 Å². The number of nitrogens with one attached hydrogen (secondary N) is 2. The third-order valence-corrected chi connectivity index (χ3v) is 14.9. The smallest absolute Gasteiger partial charge is 0.319 e. The first-order valence-corrected chi connectivity index (χ1v) is 24.6. The average Bonchev–Trinajstić information content (AvgIpc) is 3.28. The Balaban J connectivity index is 1.47. The molecule has 2 amide bonds. The summed E-state index contributed by atoms with van der Waals surface area (Å²) < 4.78 is 38.1. The van der Waals surface area contributed by atoms with Gasteiger partial charge in [-0.15, -0.1) is 0 Å². The molecule has 0 saturated carbocycles. The molecule has 17 nitrogen and oxygen atoms in total. The topological polar surface area (TPSA) is 221 Å². The molecule has 0 aromatic heterocycles. The molecule has 0 unspecified atom stereocenters. The number of likely N-dealkylation sites (N-methyl/N-ethyl adjacent to an activating group) is 1. The van der Waals surface area contributed by atoms with Crippen molar-refractivity contribution in [1.82, 2.24) is 15.1 Å². The molecule has 3 fully saturated rings. The molecular weight excluding hydrogens is 877 g/mol. The van der Waals surface area contributed by atoms with Gasteiger partial charge in [-0.2, -0.15) is 0 Å². The quantitative estimate of drug-likeness (QED) is 0.114. The lowest BCUT2D eigenvalue weighted by Gasteiger charge is -2.48. The van der Waals surface area contributed by atoms with E-state index in [0.717, 1.165) is 10.8 Å². The molecule has 5 rings (SSSR count). The van der Waals surface area contributed by atoms with Crippen LogP contribution < -0.4 is 10.6 Å². The van der Waals surface area contributed by atoms with E-state index in [-0.39, 0.29) is 43.4 Å². The lowest BCUT2D eigenvalue weighted by Crippen LogP contribution is -2.60. The number of carbonyl (C=O) groups excluding carboxylic acids is 2. The number of rotatable bonds is 12. The summed E-state index contributed by atoms with van der Waals surface area (Å²) >= 11 is 0. The largest absolute Gasteiger partial charge is 0.459 e. The van der Waals surface area contributed by atoms with E-state index in [0.29, 0.717) is 38.2 Å². The van der Waals surface area contributed by atoms with E-state index in [9.17, 15) is 35.1 Å². The summed E-state index contributed by atoms with van der Waals surface area (Å²) in [4.78, 5) is 31.5. The number of cyclic esters (lactones) is 1. The van der Waals surface area contributed by atoms with Crippen LogP contribution in [0.25, 0.3) is 10.8 Å². The van der Waals surface area contributed by atoms with Crippen LogP contribution in [0.15, 0.2) is 42.5 Å². The molecule has 3 heterocycles. The fourth-order valence-electron chi connectivity index (χ4n) is 10.8. The Morgan fingerprint density at radius 3 is 2.25 bits per heavy atom. The van der Waals surface area contributed by atoms with Crippen LogP contribution in [0, 0.1) is 17.8 Å². The predicted molar refractivity (Wildman–Crippen MR) is 259 cm³/mol. The van der Waals surface area contributed by atoms with E-state index in [4.69, 9.17) is 28.4 Å². The van der Waals surface area contributed by atoms with Gasteiger partial charge in [0.05, 0.1) is 41.5 Å². The van der Waals surface area contributed by atoms with Gasteiger partial charge in [0, 0.05) is 56.9 Å². The van der Waals surface area contributed by atoms with Crippen molar-refractivity contribution in [1.29, 1.82) is 0 Å². The van der Waals surface area contributed by atoms with Crippen LogP contribution in [0.4, 0.5) is 10.5 Å². The standard InChI is InChI=1S/C51H84N4O13/c1-14-39-51(10,62)43(57)33(6)55(23-17-22-52-48(60)53-37-21-20-35-18-15-16-19-36(35)25-37)28-29(2)26-49(8,61)45(68-47-41(56)38(54(11)12)24-30(3)64-47)31(4)42(32(5)46(59)66-39)67-40-27-50(9,63-13)44(58)34(7)65-40/h15-16,18-21,25,29-34,38-45,47,56-58,61-62H,14,17,22-24,26-28H2,1-13H3,(H2,52,53,60)/t29-,30-,31+,32-,33-,34+,38+,39-,40-,41-,42+,43-,44+,45-,47+,49-,50-,51-/m1/s1. The van der Waals surface area contributed by atoms with Gasteiger partial charge in [-0.25, -0.2) is 4.79 Å². The highest BCUT2D eigenvalue weighted by Crippen LogP contribution is 2.40. The number of nitrogens with zero attached hydrogens (tertiary/aromatic N) is 2. The molecule has 0 bridgehead atoms. The molecule has 68 heavy (non-hydrogen) atoms. The molecule has 386 valence electrons. The normalized spacial score (nSPS) is 40.6. The van der Waals surface area contributed by atoms with E-state index in [1.165, 1.54) is 14.0 Å². The lowest BCUT2D eigenvalue weighted by atomic mass is 9.77. The van der Waals surface area contributed by atoms with Gasteiger partial charge in [-0.1, -0.05) is 51.1 Å². The van der Waals surface area contributed by atoms with Crippen molar-refractivity contribution in [3.63, 3.8) is 0 Å². The van der Waals surface area contributed by atoms with E-state index in [2.05, 4.69) is 10.6 Å². The molecule has 0 radical (unpaired) electrons. The molecule has 0 aliphatic carbocycles. The van der Waals surface area contributed by atoms with Crippen LogP contribution >= 0.6 is 0 Å². The van der Waals surface area contributed by atoms with E-state index >= 15 is 0 Å². The Bertz CT molecular complexity index is 1940. The SMILES string of the molecule is CC[C@H]1OC(=O)[C@H](C)[C@@H](O[C@@H]2C[C@@](C)(OC)[C@@H](O)[C@H](C)O2)[C@H](C)[C@@H](O[C@@H]2O[C@H](C)C[C@H](N(C)C)[C@H]2O)[C@](C)(O)C[C@@H](C)CN(CCCNC(=O)Nc2ccc3ccccc3c2)[C@H](C)[C@@H](O)[C@]1(C)O. The number of carbonyl (C=O) groups is 2. The summed E-state index contributed by atoms with van der Waals surface area (Å²) in [6.07, 6.45) is -8.57. The molecular formula is C51H84N4O13. The summed E-state index contributed by atoms with van der Waals surface area (Å²) in [6, 6.07) is 12.2. The fraction of sp³-hybridized carbons (Fsp3) is 0.765. The van der Waals surface area contributed by atoms with Crippen LogP contribution in [-0.4, -0.2) is 178 Å². The van der Waals surface area contributed by atoms with Crippen LogP contribution in [0.3, 0.4) is 0 Å². The summed E-state index contributed by atoms with van der Waals surface area (Å²) in [7, 11) is 5.26. The first-order valence-electron chi connectivity index (χ1n) is 24.6. The number of benzene rings is 2. The zero-order chi connectivity index (χ0) is 50.5. The number of hydrogen-bond donors (Lipinski definition) is 7. The van der Waals surface area contributed by atoms with Crippen LogP contribution in [0.1, 0.15) is 101 Å². The van der Waals surface area contributed by atoms with Gasteiger partial charge in [-0.05, 0) is 117 Å². The fourth-order valence-corrected chi connectivity index (χ4v) is 10.8. The number of esters is 1. The maximum atomic E-state index is 14.6. The Hall–Kier alpha value is -3.04. The minimum absolute atomic E-state index is 0.0995. The Kier molecular flexibility index (Phi) is 19.3. The Morgan fingerprint density at radius 1 is 0.926 bits per heavy atom. The third kappa shape index (κ3) is 13.3. The molecule has 3 aliphatic rings. The number of aliphatic hydroxyl groups is 5. The first-order chi connectivity index (χ1) is 31.8. The van der Waals surface area contributed by atoms with Crippen molar-refractivity contribution in [2.45, 2.75) is 192 Å². The van der Waals surface area contributed by atoms with E-state index in [1.807, 2.05) is 87.1 Å². The van der Waals surface area contributed by atoms with Crippen molar-refractivity contribution >= 4 is 28.5 Å². The van der Waals surface area contributed by atoms with Gasteiger partial charge in [0.15, 0.2) is 12.6 Å². The Morgan fingerprint density at radius 2 is 1.60 bits per heavy atom. The van der Waals surface area contributed by atoms with Crippen molar-refractivity contribution in [2.24, 2.45) is 17.8 Å².